The summed E-state index contributed by atoms with van der Waals surface area (Å²) in [6, 6.07) is 3.85. The second-order valence-corrected chi connectivity index (χ2v) is 3.70. The molecule has 0 saturated carbocycles. The number of aliphatic hydroxyl groups is 1. The smallest absolute Gasteiger partial charge is 0.130 e. The average Bonchev–Trinajstić information content (AvgIpc) is 2.24. The lowest BCUT2D eigenvalue weighted by molar-refractivity contribution is 0.187. The Hall–Kier alpha value is -1.00. The lowest BCUT2D eigenvalue weighted by atomic mass is 10.2. The van der Waals surface area contributed by atoms with Crippen molar-refractivity contribution in [2.75, 3.05) is 19.7 Å². The SMILES string of the molecule is CCCN(CCO)Cc1c(F)cccc1F. The fraction of sp³-hybridized carbons (Fsp3) is 0.500. The van der Waals surface area contributed by atoms with Crippen LogP contribution in [0.15, 0.2) is 18.2 Å². The van der Waals surface area contributed by atoms with Gasteiger partial charge in [-0.05, 0) is 25.1 Å². The van der Waals surface area contributed by atoms with E-state index in [1.165, 1.54) is 18.2 Å². The molecule has 0 amide bonds. The summed E-state index contributed by atoms with van der Waals surface area (Å²) in [6.45, 7) is 3.33. The monoisotopic (exact) mass is 229 g/mol. The molecule has 90 valence electrons. The molecule has 0 aliphatic rings. The summed E-state index contributed by atoms with van der Waals surface area (Å²) >= 11 is 0. The van der Waals surface area contributed by atoms with E-state index in [-0.39, 0.29) is 18.7 Å². The Morgan fingerprint density at radius 2 is 1.81 bits per heavy atom. The van der Waals surface area contributed by atoms with Gasteiger partial charge in [0.15, 0.2) is 0 Å². The van der Waals surface area contributed by atoms with E-state index in [4.69, 9.17) is 5.11 Å². The first-order valence-corrected chi connectivity index (χ1v) is 5.45. The third-order valence-corrected chi connectivity index (χ3v) is 2.40. The highest BCUT2D eigenvalue weighted by molar-refractivity contribution is 5.19. The second kappa shape index (κ2) is 6.55. The van der Waals surface area contributed by atoms with Gasteiger partial charge in [0, 0.05) is 18.7 Å². The maximum atomic E-state index is 13.4. The minimum atomic E-state index is -0.529. The third kappa shape index (κ3) is 3.54. The quantitative estimate of drug-likeness (QED) is 0.808. The van der Waals surface area contributed by atoms with Crippen LogP contribution in [0.2, 0.25) is 0 Å². The van der Waals surface area contributed by atoms with E-state index in [1.54, 1.807) is 0 Å². The molecule has 0 aliphatic heterocycles. The maximum absolute atomic E-state index is 13.4. The first-order valence-electron chi connectivity index (χ1n) is 5.45. The molecular weight excluding hydrogens is 212 g/mol. The Morgan fingerprint density at radius 3 is 2.31 bits per heavy atom. The molecule has 0 unspecified atom stereocenters. The van der Waals surface area contributed by atoms with Gasteiger partial charge in [0.2, 0.25) is 0 Å². The number of aliphatic hydroxyl groups excluding tert-OH is 1. The van der Waals surface area contributed by atoms with Crippen molar-refractivity contribution in [3.8, 4) is 0 Å². The van der Waals surface area contributed by atoms with Crippen LogP contribution in [0.3, 0.4) is 0 Å². The zero-order valence-electron chi connectivity index (χ0n) is 9.42. The van der Waals surface area contributed by atoms with Gasteiger partial charge in [0.25, 0.3) is 0 Å². The highest BCUT2D eigenvalue weighted by Gasteiger charge is 2.12. The van der Waals surface area contributed by atoms with Crippen molar-refractivity contribution >= 4 is 0 Å². The number of rotatable bonds is 6. The van der Waals surface area contributed by atoms with Gasteiger partial charge >= 0.3 is 0 Å². The fourth-order valence-electron chi connectivity index (χ4n) is 1.63. The molecule has 1 N–H and O–H groups in total. The van der Waals surface area contributed by atoms with E-state index >= 15 is 0 Å². The Bertz CT molecular complexity index is 305. The molecule has 0 atom stereocenters. The number of hydrogen-bond acceptors (Lipinski definition) is 2. The molecule has 1 rings (SSSR count). The zero-order valence-corrected chi connectivity index (χ0v) is 9.42. The molecule has 0 spiro atoms. The van der Waals surface area contributed by atoms with E-state index in [9.17, 15) is 8.78 Å². The highest BCUT2D eigenvalue weighted by atomic mass is 19.1. The van der Waals surface area contributed by atoms with Crippen molar-refractivity contribution < 1.29 is 13.9 Å². The van der Waals surface area contributed by atoms with E-state index in [0.29, 0.717) is 13.1 Å². The first kappa shape index (κ1) is 13.1. The van der Waals surface area contributed by atoms with Crippen molar-refractivity contribution in [2.24, 2.45) is 0 Å². The summed E-state index contributed by atoms with van der Waals surface area (Å²) in [5.74, 6) is -1.06. The van der Waals surface area contributed by atoms with E-state index in [0.717, 1.165) is 6.42 Å². The molecule has 16 heavy (non-hydrogen) atoms. The van der Waals surface area contributed by atoms with E-state index in [2.05, 4.69) is 0 Å². The Kier molecular flexibility index (Phi) is 5.35. The standard InChI is InChI=1S/C12H17F2NO/c1-2-6-15(7-8-16)9-10-11(13)4-3-5-12(10)14/h3-5,16H,2,6-9H2,1H3. The lowest BCUT2D eigenvalue weighted by Gasteiger charge is -2.21. The normalized spacial score (nSPS) is 11.1. The van der Waals surface area contributed by atoms with Gasteiger partial charge in [-0.15, -0.1) is 0 Å². The maximum Gasteiger partial charge on any atom is 0.130 e. The molecular formula is C12H17F2NO. The van der Waals surface area contributed by atoms with Crippen molar-refractivity contribution in [1.29, 1.82) is 0 Å². The van der Waals surface area contributed by atoms with Crippen LogP contribution in [0.1, 0.15) is 18.9 Å². The molecule has 2 nitrogen and oxygen atoms in total. The summed E-state index contributed by atoms with van der Waals surface area (Å²) in [5.41, 5.74) is 0.0735. The van der Waals surface area contributed by atoms with Crippen molar-refractivity contribution in [2.45, 2.75) is 19.9 Å². The Balaban J connectivity index is 2.76. The van der Waals surface area contributed by atoms with Gasteiger partial charge in [0.1, 0.15) is 11.6 Å². The second-order valence-electron chi connectivity index (χ2n) is 3.70. The molecule has 0 aromatic heterocycles. The van der Waals surface area contributed by atoms with Gasteiger partial charge in [-0.25, -0.2) is 8.78 Å². The molecule has 4 heteroatoms. The molecule has 0 saturated heterocycles. The third-order valence-electron chi connectivity index (χ3n) is 2.40. The summed E-state index contributed by atoms with van der Waals surface area (Å²) < 4.78 is 26.7. The van der Waals surface area contributed by atoms with Crippen LogP contribution in [-0.4, -0.2) is 29.7 Å². The number of halogens is 2. The molecule has 0 aliphatic carbocycles. The molecule has 1 aromatic rings. The van der Waals surface area contributed by atoms with Crippen LogP contribution in [0.5, 0.6) is 0 Å². The predicted molar refractivity (Wildman–Crippen MR) is 59.0 cm³/mol. The number of benzene rings is 1. The molecule has 0 fully saturated rings. The van der Waals surface area contributed by atoms with Gasteiger partial charge in [-0.1, -0.05) is 13.0 Å². The molecule has 0 radical (unpaired) electrons. The van der Waals surface area contributed by atoms with Crippen LogP contribution >= 0.6 is 0 Å². The van der Waals surface area contributed by atoms with E-state index < -0.39 is 11.6 Å². The first-order chi connectivity index (χ1) is 7.69. The van der Waals surface area contributed by atoms with Gasteiger partial charge in [-0.3, -0.25) is 4.90 Å². The summed E-state index contributed by atoms with van der Waals surface area (Å²) in [4.78, 5) is 1.83. The van der Waals surface area contributed by atoms with Gasteiger partial charge in [-0.2, -0.15) is 0 Å². The minimum absolute atomic E-state index is 0.00390. The minimum Gasteiger partial charge on any atom is -0.395 e. The predicted octanol–water partition coefficient (Wildman–Crippen LogP) is 2.17. The molecule has 1 aromatic carbocycles. The fourth-order valence-corrected chi connectivity index (χ4v) is 1.63. The summed E-state index contributed by atoms with van der Waals surface area (Å²) in [6.07, 6.45) is 0.885. The largest absolute Gasteiger partial charge is 0.395 e. The molecule has 0 heterocycles. The zero-order chi connectivity index (χ0) is 12.0. The highest BCUT2D eigenvalue weighted by Crippen LogP contribution is 2.14. The number of hydrogen-bond donors (Lipinski definition) is 1. The summed E-state index contributed by atoms with van der Waals surface area (Å²) in [5, 5.41) is 8.85. The van der Waals surface area contributed by atoms with Crippen LogP contribution in [0.4, 0.5) is 8.78 Å². The topological polar surface area (TPSA) is 23.5 Å². The van der Waals surface area contributed by atoms with Crippen molar-refractivity contribution in [1.82, 2.24) is 4.90 Å². The van der Waals surface area contributed by atoms with Crippen molar-refractivity contribution in [3.63, 3.8) is 0 Å². The van der Waals surface area contributed by atoms with Crippen LogP contribution in [-0.2, 0) is 6.54 Å². The van der Waals surface area contributed by atoms with Crippen molar-refractivity contribution in [3.05, 3.63) is 35.4 Å². The summed E-state index contributed by atoms with van der Waals surface area (Å²) in [7, 11) is 0. The van der Waals surface area contributed by atoms with Crippen LogP contribution in [0.25, 0.3) is 0 Å². The Morgan fingerprint density at radius 1 is 1.19 bits per heavy atom. The van der Waals surface area contributed by atoms with E-state index in [1.807, 2.05) is 11.8 Å². The Labute approximate surface area is 94.5 Å². The number of nitrogens with zero attached hydrogens (tertiary/aromatic N) is 1. The van der Waals surface area contributed by atoms with Gasteiger partial charge in [0.05, 0.1) is 6.61 Å². The van der Waals surface area contributed by atoms with Gasteiger partial charge < -0.3 is 5.11 Å². The lowest BCUT2D eigenvalue weighted by Crippen LogP contribution is -2.28. The van der Waals surface area contributed by atoms with Crippen LogP contribution < -0.4 is 0 Å². The molecule has 0 bridgehead atoms. The average molecular weight is 229 g/mol. The van der Waals surface area contributed by atoms with Crippen LogP contribution in [0, 0.1) is 11.6 Å².